The minimum Gasteiger partial charge on any atom is -0.497 e. The molecule has 7 heteroatoms. The van der Waals surface area contributed by atoms with Crippen LogP contribution in [-0.4, -0.2) is 35.2 Å². The van der Waals surface area contributed by atoms with Crippen LogP contribution in [0.3, 0.4) is 0 Å². The van der Waals surface area contributed by atoms with Crippen LogP contribution >= 0.6 is 0 Å². The Morgan fingerprint density at radius 1 is 1.17 bits per heavy atom. The second-order valence-electron chi connectivity index (χ2n) is 7.41. The molecule has 2 amide bonds. The van der Waals surface area contributed by atoms with Gasteiger partial charge in [0.25, 0.3) is 0 Å². The molecule has 3 aromatic rings. The zero-order valence-electron chi connectivity index (χ0n) is 17.0. The SMILES string of the molecule is COc1cccc(N2CC(C(=O)Nc3cc(C)nn3Cc3ccccc3)CC2=O)c1. The van der Waals surface area contributed by atoms with E-state index in [-0.39, 0.29) is 18.2 Å². The third-order valence-corrected chi connectivity index (χ3v) is 5.19. The van der Waals surface area contributed by atoms with Gasteiger partial charge in [-0.1, -0.05) is 36.4 Å². The molecule has 2 heterocycles. The fourth-order valence-corrected chi connectivity index (χ4v) is 3.66. The molecule has 1 fully saturated rings. The summed E-state index contributed by atoms with van der Waals surface area (Å²) < 4.78 is 7.02. The van der Waals surface area contributed by atoms with E-state index >= 15 is 0 Å². The highest BCUT2D eigenvalue weighted by molar-refractivity contribution is 6.03. The van der Waals surface area contributed by atoms with E-state index in [1.807, 2.05) is 61.5 Å². The second-order valence-corrected chi connectivity index (χ2v) is 7.41. The topological polar surface area (TPSA) is 76.5 Å². The fraction of sp³-hybridized carbons (Fsp3) is 0.261. The van der Waals surface area contributed by atoms with Crippen LogP contribution in [0.2, 0.25) is 0 Å². The van der Waals surface area contributed by atoms with E-state index in [0.29, 0.717) is 24.7 Å². The first-order valence-electron chi connectivity index (χ1n) is 9.87. The van der Waals surface area contributed by atoms with Crippen molar-refractivity contribution >= 4 is 23.3 Å². The highest BCUT2D eigenvalue weighted by Gasteiger charge is 2.35. The fourth-order valence-electron chi connectivity index (χ4n) is 3.66. The Hall–Kier alpha value is -3.61. The van der Waals surface area contributed by atoms with E-state index in [1.54, 1.807) is 22.8 Å². The third-order valence-electron chi connectivity index (χ3n) is 5.19. The Balaban J connectivity index is 1.46. The molecule has 7 nitrogen and oxygen atoms in total. The Kier molecular flexibility index (Phi) is 5.52. The number of methoxy groups -OCH3 is 1. The van der Waals surface area contributed by atoms with E-state index in [1.165, 1.54) is 0 Å². The van der Waals surface area contributed by atoms with Crippen LogP contribution in [-0.2, 0) is 16.1 Å². The lowest BCUT2D eigenvalue weighted by Gasteiger charge is -2.17. The molecule has 1 N–H and O–H groups in total. The van der Waals surface area contributed by atoms with Gasteiger partial charge in [-0.25, -0.2) is 4.68 Å². The van der Waals surface area contributed by atoms with Gasteiger partial charge < -0.3 is 15.0 Å². The molecule has 0 radical (unpaired) electrons. The van der Waals surface area contributed by atoms with Crippen molar-refractivity contribution in [2.45, 2.75) is 19.9 Å². The number of benzene rings is 2. The number of amides is 2. The quantitative estimate of drug-likeness (QED) is 0.684. The molecule has 2 aromatic carbocycles. The van der Waals surface area contributed by atoms with Crippen molar-refractivity contribution in [2.75, 3.05) is 23.9 Å². The van der Waals surface area contributed by atoms with Gasteiger partial charge in [-0.2, -0.15) is 5.10 Å². The van der Waals surface area contributed by atoms with Crippen LogP contribution in [0.25, 0.3) is 0 Å². The van der Waals surface area contributed by atoms with Gasteiger partial charge in [-0.15, -0.1) is 0 Å². The zero-order chi connectivity index (χ0) is 21.1. The number of anilines is 2. The zero-order valence-corrected chi connectivity index (χ0v) is 17.0. The van der Waals surface area contributed by atoms with Gasteiger partial charge in [0, 0.05) is 30.8 Å². The van der Waals surface area contributed by atoms with Gasteiger partial charge in [0.2, 0.25) is 11.8 Å². The molecule has 0 spiro atoms. The predicted molar refractivity (Wildman–Crippen MR) is 115 cm³/mol. The van der Waals surface area contributed by atoms with Crippen LogP contribution < -0.4 is 15.0 Å². The lowest BCUT2D eigenvalue weighted by atomic mass is 10.1. The molecule has 0 saturated carbocycles. The number of carbonyl (C=O) groups is 2. The maximum atomic E-state index is 12.9. The summed E-state index contributed by atoms with van der Waals surface area (Å²) in [7, 11) is 1.59. The molecule has 1 aromatic heterocycles. The minimum atomic E-state index is -0.427. The van der Waals surface area contributed by atoms with Gasteiger partial charge in [0.1, 0.15) is 11.6 Å². The van der Waals surface area contributed by atoms with E-state index in [2.05, 4.69) is 10.4 Å². The number of carbonyl (C=O) groups excluding carboxylic acids is 2. The van der Waals surface area contributed by atoms with Crippen molar-refractivity contribution in [2.24, 2.45) is 5.92 Å². The number of hydrogen-bond acceptors (Lipinski definition) is 4. The molecule has 1 unspecified atom stereocenters. The normalized spacial score (nSPS) is 16.0. The van der Waals surface area contributed by atoms with Crippen molar-refractivity contribution in [3.63, 3.8) is 0 Å². The molecular formula is C23H24N4O3. The number of nitrogens with zero attached hydrogens (tertiary/aromatic N) is 3. The summed E-state index contributed by atoms with van der Waals surface area (Å²) in [5, 5.41) is 7.46. The summed E-state index contributed by atoms with van der Waals surface area (Å²) in [5.74, 6) is 0.631. The number of ether oxygens (including phenoxy) is 1. The highest BCUT2D eigenvalue weighted by Crippen LogP contribution is 2.28. The van der Waals surface area contributed by atoms with Crippen molar-refractivity contribution in [3.8, 4) is 5.75 Å². The maximum absolute atomic E-state index is 12.9. The predicted octanol–water partition coefficient (Wildman–Crippen LogP) is 3.24. The van der Waals surface area contributed by atoms with E-state index in [9.17, 15) is 9.59 Å². The highest BCUT2D eigenvalue weighted by atomic mass is 16.5. The maximum Gasteiger partial charge on any atom is 0.230 e. The Morgan fingerprint density at radius 3 is 2.73 bits per heavy atom. The summed E-state index contributed by atoms with van der Waals surface area (Å²) in [5.41, 5.74) is 2.65. The lowest BCUT2D eigenvalue weighted by molar-refractivity contribution is -0.122. The van der Waals surface area contributed by atoms with Crippen molar-refractivity contribution in [1.29, 1.82) is 0 Å². The average Bonchev–Trinajstić information content (AvgIpc) is 3.31. The lowest BCUT2D eigenvalue weighted by Crippen LogP contribution is -2.28. The van der Waals surface area contributed by atoms with Crippen LogP contribution in [0.15, 0.2) is 60.7 Å². The molecule has 154 valence electrons. The van der Waals surface area contributed by atoms with Crippen LogP contribution in [0.5, 0.6) is 5.75 Å². The molecule has 0 bridgehead atoms. The summed E-state index contributed by atoms with van der Waals surface area (Å²) in [6.45, 7) is 2.79. The van der Waals surface area contributed by atoms with Crippen LogP contribution in [0.1, 0.15) is 17.7 Å². The van der Waals surface area contributed by atoms with Crippen LogP contribution in [0, 0.1) is 12.8 Å². The molecule has 1 atom stereocenters. The van der Waals surface area contributed by atoms with E-state index < -0.39 is 5.92 Å². The molecule has 1 aliphatic rings. The second kappa shape index (κ2) is 8.41. The van der Waals surface area contributed by atoms with Crippen molar-refractivity contribution in [1.82, 2.24) is 9.78 Å². The number of hydrogen-bond donors (Lipinski definition) is 1. The molecule has 30 heavy (non-hydrogen) atoms. The van der Waals surface area contributed by atoms with Gasteiger partial charge in [-0.3, -0.25) is 9.59 Å². The Morgan fingerprint density at radius 2 is 1.97 bits per heavy atom. The summed E-state index contributed by atoms with van der Waals surface area (Å²) in [6.07, 6.45) is 0.175. The summed E-state index contributed by atoms with van der Waals surface area (Å²) >= 11 is 0. The van der Waals surface area contributed by atoms with Crippen molar-refractivity contribution < 1.29 is 14.3 Å². The monoisotopic (exact) mass is 404 g/mol. The first-order valence-corrected chi connectivity index (χ1v) is 9.87. The number of aromatic nitrogens is 2. The third kappa shape index (κ3) is 4.20. The number of rotatable bonds is 6. The Bertz CT molecular complexity index is 1060. The van der Waals surface area contributed by atoms with Crippen molar-refractivity contribution in [3.05, 3.63) is 71.9 Å². The molecule has 1 saturated heterocycles. The van der Waals surface area contributed by atoms with E-state index in [0.717, 1.165) is 16.9 Å². The van der Waals surface area contributed by atoms with Gasteiger partial charge in [0.05, 0.1) is 25.3 Å². The average molecular weight is 404 g/mol. The molecular weight excluding hydrogens is 380 g/mol. The Labute approximate surface area is 175 Å². The smallest absolute Gasteiger partial charge is 0.230 e. The summed E-state index contributed by atoms with van der Waals surface area (Å²) in [4.78, 5) is 27.1. The molecule has 0 aliphatic carbocycles. The van der Waals surface area contributed by atoms with E-state index in [4.69, 9.17) is 4.74 Å². The number of aryl methyl sites for hydroxylation is 1. The summed E-state index contributed by atoms with van der Waals surface area (Å²) in [6, 6.07) is 19.1. The first-order chi connectivity index (χ1) is 14.5. The van der Waals surface area contributed by atoms with Crippen LogP contribution in [0.4, 0.5) is 11.5 Å². The van der Waals surface area contributed by atoms with Gasteiger partial charge >= 0.3 is 0 Å². The first kappa shape index (κ1) is 19.7. The standard InChI is InChI=1S/C23H24N4O3/c1-16-11-21(27(25-16)14-17-7-4-3-5-8-17)24-23(29)18-12-22(28)26(15-18)19-9-6-10-20(13-19)30-2/h3-11,13,18H,12,14-15H2,1-2H3,(H,24,29). The molecule has 4 rings (SSSR count). The molecule has 1 aliphatic heterocycles. The van der Waals surface area contributed by atoms with Gasteiger partial charge in [-0.05, 0) is 24.6 Å². The largest absolute Gasteiger partial charge is 0.497 e. The van der Waals surface area contributed by atoms with Gasteiger partial charge in [0.15, 0.2) is 0 Å². The number of nitrogens with one attached hydrogen (secondary N) is 1. The minimum absolute atomic E-state index is 0.0719.